The summed E-state index contributed by atoms with van der Waals surface area (Å²) in [6, 6.07) is 5.56. The SMILES string of the molecule is CCOC(=O)CCNC(=O)CCOc1ccc(F)cc1. The number of hydrogen-bond acceptors (Lipinski definition) is 4. The van der Waals surface area contributed by atoms with Crippen LogP contribution in [0, 0.1) is 5.82 Å². The first-order valence-electron chi connectivity index (χ1n) is 6.42. The predicted molar refractivity (Wildman–Crippen MR) is 70.8 cm³/mol. The summed E-state index contributed by atoms with van der Waals surface area (Å²) >= 11 is 0. The van der Waals surface area contributed by atoms with Gasteiger partial charge in [0.05, 0.1) is 26.1 Å². The minimum Gasteiger partial charge on any atom is -0.493 e. The lowest BCUT2D eigenvalue weighted by molar-refractivity contribution is -0.143. The van der Waals surface area contributed by atoms with Gasteiger partial charge in [0.2, 0.25) is 5.91 Å². The number of esters is 1. The van der Waals surface area contributed by atoms with Gasteiger partial charge in [0.25, 0.3) is 0 Å². The molecule has 1 aromatic rings. The van der Waals surface area contributed by atoms with E-state index in [2.05, 4.69) is 5.32 Å². The molecule has 0 unspecified atom stereocenters. The molecule has 0 saturated carbocycles. The molecule has 5 nitrogen and oxygen atoms in total. The van der Waals surface area contributed by atoms with Crippen LogP contribution in [0.25, 0.3) is 0 Å². The lowest BCUT2D eigenvalue weighted by atomic mass is 10.3. The number of amides is 1. The van der Waals surface area contributed by atoms with Gasteiger partial charge in [-0.1, -0.05) is 0 Å². The van der Waals surface area contributed by atoms with Gasteiger partial charge in [0, 0.05) is 6.54 Å². The molecule has 110 valence electrons. The molecular weight excluding hydrogens is 265 g/mol. The minimum atomic E-state index is -0.339. The number of carbonyl (C=O) groups excluding carboxylic acids is 2. The Morgan fingerprint density at radius 1 is 1.20 bits per heavy atom. The molecule has 0 atom stereocenters. The maximum absolute atomic E-state index is 12.6. The molecule has 0 aromatic heterocycles. The van der Waals surface area contributed by atoms with E-state index in [1.54, 1.807) is 6.92 Å². The van der Waals surface area contributed by atoms with Crippen LogP contribution in [0.1, 0.15) is 19.8 Å². The second-order valence-electron chi connectivity index (χ2n) is 3.96. The van der Waals surface area contributed by atoms with E-state index in [0.29, 0.717) is 12.4 Å². The van der Waals surface area contributed by atoms with E-state index >= 15 is 0 Å². The van der Waals surface area contributed by atoms with Crippen LogP contribution in [0.15, 0.2) is 24.3 Å². The highest BCUT2D eigenvalue weighted by molar-refractivity contribution is 5.77. The topological polar surface area (TPSA) is 64.6 Å². The summed E-state index contributed by atoms with van der Waals surface area (Å²) < 4.78 is 22.6. The van der Waals surface area contributed by atoms with Crippen molar-refractivity contribution in [1.82, 2.24) is 5.32 Å². The summed E-state index contributed by atoms with van der Waals surface area (Å²) in [5.74, 6) is -0.383. The van der Waals surface area contributed by atoms with E-state index in [0.717, 1.165) is 0 Å². The van der Waals surface area contributed by atoms with Crippen LogP contribution in [0.2, 0.25) is 0 Å². The average molecular weight is 283 g/mol. The molecule has 1 rings (SSSR count). The van der Waals surface area contributed by atoms with Gasteiger partial charge in [0.15, 0.2) is 0 Å². The summed E-state index contributed by atoms with van der Waals surface area (Å²) in [5, 5.41) is 2.59. The molecule has 0 heterocycles. The second kappa shape index (κ2) is 8.90. The summed E-state index contributed by atoms with van der Waals surface area (Å²) in [5.41, 5.74) is 0. The number of nitrogens with one attached hydrogen (secondary N) is 1. The Balaban J connectivity index is 2.11. The third-order valence-corrected chi connectivity index (χ3v) is 2.37. The van der Waals surface area contributed by atoms with E-state index in [4.69, 9.17) is 9.47 Å². The number of benzene rings is 1. The zero-order chi connectivity index (χ0) is 14.8. The van der Waals surface area contributed by atoms with Crippen LogP contribution < -0.4 is 10.1 Å². The van der Waals surface area contributed by atoms with E-state index in [9.17, 15) is 14.0 Å². The minimum absolute atomic E-state index is 0.151. The molecule has 0 saturated heterocycles. The number of rotatable bonds is 8. The standard InChI is InChI=1S/C14H18FNO4/c1-2-19-14(18)7-9-16-13(17)8-10-20-12-5-3-11(15)4-6-12/h3-6H,2,7-10H2,1H3,(H,16,17). The first kappa shape index (κ1) is 15.9. The van der Waals surface area contributed by atoms with E-state index in [1.807, 2.05) is 0 Å². The highest BCUT2D eigenvalue weighted by atomic mass is 19.1. The number of ether oxygens (including phenoxy) is 2. The fraction of sp³-hybridized carbons (Fsp3) is 0.429. The van der Waals surface area contributed by atoms with Crippen molar-refractivity contribution in [2.24, 2.45) is 0 Å². The lowest BCUT2D eigenvalue weighted by Crippen LogP contribution is -2.27. The van der Waals surface area contributed by atoms with Crippen LogP contribution in [0.4, 0.5) is 4.39 Å². The fourth-order valence-electron chi connectivity index (χ4n) is 1.42. The zero-order valence-electron chi connectivity index (χ0n) is 11.4. The van der Waals surface area contributed by atoms with Crippen molar-refractivity contribution in [2.75, 3.05) is 19.8 Å². The maximum Gasteiger partial charge on any atom is 0.307 e. The summed E-state index contributed by atoms with van der Waals surface area (Å²) in [4.78, 5) is 22.4. The van der Waals surface area contributed by atoms with Crippen molar-refractivity contribution in [3.8, 4) is 5.75 Å². The highest BCUT2D eigenvalue weighted by Crippen LogP contribution is 2.10. The Hall–Kier alpha value is -2.11. The molecule has 0 aliphatic carbocycles. The summed E-state index contributed by atoms with van der Waals surface area (Å²) in [6.07, 6.45) is 0.318. The van der Waals surface area contributed by atoms with Crippen molar-refractivity contribution >= 4 is 11.9 Å². The maximum atomic E-state index is 12.6. The van der Waals surface area contributed by atoms with Crippen molar-refractivity contribution < 1.29 is 23.5 Å². The second-order valence-corrected chi connectivity index (χ2v) is 3.96. The Morgan fingerprint density at radius 2 is 1.90 bits per heavy atom. The molecule has 6 heteroatoms. The summed E-state index contributed by atoms with van der Waals surface area (Å²) in [6.45, 7) is 2.49. The fourth-order valence-corrected chi connectivity index (χ4v) is 1.42. The van der Waals surface area contributed by atoms with Gasteiger partial charge < -0.3 is 14.8 Å². The number of halogens is 1. The first-order valence-corrected chi connectivity index (χ1v) is 6.42. The third kappa shape index (κ3) is 6.72. The van der Waals surface area contributed by atoms with Gasteiger partial charge in [-0.25, -0.2) is 4.39 Å². The Bertz CT molecular complexity index is 433. The molecule has 0 radical (unpaired) electrons. The van der Waals surface area contributed by atoms with Crippen LogP contribution in [-0.4, -0.2) is 31.6 Å². The third-order valence-electron chi connectivity index (χ3n) is 2.37. The zero-order valence-corrected chi connectivity index (χ0v) is 11.4. The van der Waals surface area contributed by atoms with Gasteiger partial charge in [-0.3, -0.25) is 9.59 Å². The molecule has 1 amide bonds. The van der Waals surface area contributed by atoms with E-state index < -0.39 is 0 Å². The van der Waals surface area contributed by atoms with Crippen molar-refractivity contribution in [1.29, 1.82) is 0 Å². The molecule has 0 spiro atoms. The van der Waals surface area contributed by atoms with E-state index in [1.165, 1.54) is 24.3 Å². The Kier molecular flexibility index (Phi) is 7.10. The highest BCUT2D eigenvalue weighted by Gasteiger charge is 2.05. The predicted octanol–water partition coefficient (Wildman–Crippen LogP) is 1.66. The van der Waals surface area contributed by atoms with Crippen LogP contribution >= 0.6 is 0 Å². The van der Waals surface area contributed by atoms with Crippen molar-refractivity contribution in [3.05, 3.63) is 30.1 Å². The normalized spacial score (nSPS) is 9.90. The molecule has 0 aliphatic rings. The Labute approximate surface area is 117 Å². The van der Waals surface area contributed by atoms with Crippen LogP contribution in [0.3, 0.4) is 0 Å². The largest absolute Gasteiger partial charge is 0.493 e. The van der Waals surface area contributed by atoms with Crippen LogP contribution in [0.5, 0.6) is 5.75 Å². The average Bonchev–Trinajstić information content (AvgIpc) is 2.41. The van der Waals surface area contributed by atoms with Gasteiger partial charge in [-0.15, -0.1) is 0 Å². The van der Waals surface area contributed by atoms with Gasteiger partial charge in [-0.2, -0.15) is 0 Å². The lowest BCUT2D eigenvalue weighted by Gasteiger charge is -2.07. The van der Waals surface area contributed by atoms with Crippen molar-refractivity contribution in [2.45, 2.75) is 19.8 Å². The van der Waals surface area contributed by atoms with Crippen LogP contribution in [-0.2, 0) is 14.3 Å². The summed E-state index contributed by atoms with van der Waals surface area (Å²) in [7, 11) is 0. The van der Waals surface area contributed by atoms with Gasteiger partial charge in [0.1, 0.15) is 11.6 Å². The molecule has 0 bridgehead atoms. The smallest absolute Gasteiger partial charge is 0.307 e. The molecular formula is C14H18FNO4. The molecule has 0 aliphatic heterocycles. The molecule has 20 heavy (non-hydrogen) atoms. The Morgan fingerprint density at radius 3 is 2.55 bits per heavy atom. The molecule has 0 fully saturated rings. The van der Waals surface area contributed by atoms with Gasteiger partial charge >= 0.3 is 5.97 Å². The molecule has 1 N–H and O–H groups in total. The first-order chi connectivity index (χ1) is 9.61. The molecule has 1 aromatic carbocycles. The number of carbonyl (C=O) groups is 2. The van der Waals surface area contributed by atoms with Crippen molar-refractivity contribution in [3.63, 3.8) is 0 Å². The monoisotopic (exact) mass is 283 g/mol. The van der Waals surface area contributed by atoms with Gasteiger partial charge in [-0.05, 0) is 31.2 Å². The number of hydrogen-bond donors (Lipinski definition) is 1. The van der Waals surface area contributed by atoms with E-state index in [-0.39, 0.29) is 43.7 Å². The quantitative estimate of drug-likeness (QED) is 0.737.